The van der Waals surface area contributed by atoms with Crippen molar-refractivity contribution in [2.75, 3.05) is 19.6 Å². The highest BCUT2D eigenvalue weighted by atomic mass is 35.5. The predicted octanol–water partition coefficient (Wildman–Crippen LogP) is 7.09. The maximum absolute atomic E-state index is 11.8. The Morgan fingerprint density at radius 3 is 2.54 bits per heavy atom. The van der Waals surface area contributed by atoms with Crippen molar-refractivity contribution in [1.82, 2.24) is 9.88 Å². The van der Waals surface area contributed by atoms with E-state index in [0.717, 1.165) is 66.0 Å². The smallest absolute Gasteiger partial charge is 0.153 e. The molecule has 1 aliphatic heterocycles. The third-order valence-electron chi connectivity index (χ3n) is 8.34. The molecular weight excluding hydrogens is 602 g/mol. The van der Waals surface area contributed by atoms with Crippen molar-refractivity contribution >= 4 is 17.9 Å². The van der Waals surface area contributed by atoms with Gasteiger partial charge in [-0.2, -0.15) is 5.26 Å². The Labute approximate surface area is 275 Å². The zero-order chi connectivity index (χ0) is 32.6. The first-order valence-corrected chi connectivity index (χ1v) is 15.8. The molecule has 4 aromatic rings. The molecular formula is C37H38ClN3O5. The quantitative estimate of drug-likeness (QED) is 0.155. The lowest BCUT2D eigenvalue weighted by Gasteiger charge is -2.22. The van der Waals surface area contributed by atoms with E-state index in [0.29, 0.717) is 39.5 Å². The van der Waals surface area contributed by atoms with Gasteiger partial charge in [0.2, 0.25) is 0 Å². The summed E-state index contributed by atoms with van der Waals surface area (Å²) < 4.78 is 18.5. The van der Waals surface area contributed by atoms with Crippen molar-refractivity contribution in [3.63, 3.8) is 0 Å². The number of aliphatic hydroxyl groups is 1. The average molecular weight is 640 g/mol. The van der Waals surface area contributed by atoms with Crippen molar-refractivity contribution in [3.05, 3.63) is 105 Å². The number of ether oxygens (including phenoxy) is 3. The van der Waals surface area contributed by atoms with Gasteiger partial charge in [0.25, 0.3) is 0 Å². The third kappa shape index (κ3) is 8.04. The van der Waals surface area contributed by atoms with Crippen LogP contribution in [0.3, 0.4) is 0 Å². The molecule has 1 fully saturated rings. The number of nitrogens with zero attached hydrogens (tertiary/aromatic N) is 3. The zero-order valence-electron chi connectivity index (χ0n) is 26.3. The summed E-state index contributed by atoms with van der Waals surface area (Å²) in [5.74, 6) is 1.57. The molecule has 0 saturated carbocycles. The number of aromatic nitrogens is 1. The minimum absolute atomic E-state index is 0.0381. The van der Waals surface area contributed by atoms with E-state index in [1.54, 1.807) is 18.3 Å². The first-order chi connectivity index (χ1) is 22.2. The van der Waals surface area contributed by atoms with Crippen molar-refractivity contribution in [2.24, 2.45) is 0 Å². The number of carbonyl (C=O) groups excluding carboxylic acids is 1. The second-order valence-electron chi connectivity index (χ2n) is 11.7. The highest BCUT2D eigenvalue weighted by Crippen LogP contribution is 2.36. The summed E-state index contributed by atoms with van der Waals surface area (Å²) in [5.41, 5.74) is 6.72. The van der Waals surface area contributed by atoms with Crippen LogP contribution in [0.2, 0.25) is 5.02 Å². The first-order valence-electron chi connectivity index (χ1n) is 15.4. The van der Waals surface area contributed by atoms with Crippen molar-refractivity contribution in [3.8, 4) is 34.4 Å². The van der Waals surface area contributed by atoms with Gasteiger partial charge in [-0.05, 0) is 79.6 Å². The molecule has 0 aliphatic carbocycles. The molecule has 1 N–H and O–H groups in total. The van der Waals surface area contributed by atoms with Crippen LogP contribution < -0.4 is 14.2 Å². The number of aliphatic hydroxyl groups excluding tert-OH is 1. The number of nitriles is 1. The summed E-state index contributed by atoms with van der Waals surface area (Å²) in [6.45, 7) is 9.20. The van der Waals surface area contributed by atoms with E-state index in [9.17, 15) is 9.90 Å². The van der Waals surface area contributed by atoms with Gasteiger partial charge in [0.05, 0.1) is 28.4 Å². The Morgan fingerprint density at radius 2 is 1.80 bits per heavy atom. The Kier molecular flexibility index (Phi) is 10.9. The number of β-amino-alcohol motifs (C(OH)–C–C–N with tert-alkyl or cyclic N) is 1. The molecule has 0 amide bonds. The summed E-state index contributed by atoms with van der Waals surface area (Å²) in [5, 5.41) is 19.2. The molecule has 5 rings (SSSR count). The normalized spacial score (nSPS) is 15.3. The number of aldehydes is 1. The molecule has 9 heteroatoms. The number of benzene rings is 3. The molecule has 0 unspecified atom stereocenters. The van der Waals surface area contributed by atoms with Gasteiger partial charge < -0.3 is 24.2 Å². The summed E-state index contributed by atoms with van der Waals surface area (Å²) in [6.07, 6.45) is 5.32. The van der Waals surface area contributed by atoms with E-state index in [2.05, 4.69) is 48.9 Å². The number of rotatable bonds is 13. The highest BCUT2D eigenvalue weighted by Gasteiger charge is 2.21. The Hall–Kier alpha value is -4.42. The Bertz CT molecular complexity index is 1740. The minimum Gasteiger partial charge on any atom is -0.490 e. The SMILES string of the molecule is Cc1c(COc2cc(OCc3cncc(C#N)c3)c(C=O)cc2Cl)cccc1-c1cccc(O[C@H](C)CCN2CC[C@@H](O)C2)c1C. The van der Waals surface area contributed by atoms with Crippen LogP contribution in [0.15, 0.2) is 67.0 Å². The Balaban J connectivity index is 1.28. The molecule has 2 heterocycles. The van der Waals surface area contributed by atoms with E-state index < -0.39 is 0 Å². The van der Waals surface area contributed by atoms with Gasteiger partial charge in [-0.3, -0.25) is 9.78 Å². The van der Waals surface area contributed by atoms with E-state index in [1.165, 1.54) is 12.3 Å². The zero-order valence-corrected chi connectivity index (χ0v) is 27.1. The molecule has 0 radical (unpaired) electrons. The first kappa shape index (κ1) is 33.0. The van der Waals surface area contributed by atoms with Gasteiger partial charge in [-0.15, -0.1) is 0 Å². The fraction of sp³-hybridized carbons (Fsp3) is 0.324. The van der Waals surface area contributed by atoms with Crippen LogP contribution in [-0.4, -0.2) is 53.1 Å². The Morgan fingerprint density at radius 1 is 1.04 bits per heavy atom. The van der Waals surface area contributed by atoms with Gasteiger partial charge >= 0.3 is 0 Å². The van der Waals surface area contributed by atoms with Crippen LogP contribution in [0.4, 0.5) is 0 Å². The van der Waals surface area contributed by atoms with Gasteiger partial charge in [0.15, 0.2) is 6.29 Å². The van der Waals surface area contributed by atoms with Crippen LogP contribution in [0.1, 0.15) is 57.9 Å². The molecule has 46 heavy (non-hydrogen) atoms. The van der Waals surface area contributed by atoms with Gasteiger partial charge in [-0.25, -0.2) is 0 Å². The van der Waals surface area contributed by atoms with Crippen LogP contribution in [0, 0.1) is 25.2 Å². The molecule has 1 aliphatic rings. The molecule has 0 bridgehead atoms. The summed E-state index contributed by atoms with van der Waals surface area (Å²) in [6, 6.07) is 19.1. The number of pyridine rings is 1. The van der Waals surface area contributed by atoms with E-state index >= 15 is 0 Å². The highest BCUT2D eigenvalue weighted by molar-refractivity contribution is 6.32. The fourth-order valence-electron chi connectivity index (χ4n) is 5.64. The molecule has 1 aromatic heterocycles. The lowest BCUT2D eigenvalue weighted by molar-refractivity contribution is 0.111. The lowest BCUT2D eigenvalue weighted by atomic mass is 9.93. The van der Waals surface area contributed by atoms with E-state index in [-0.39, 0.29) is 25.4 Å². The second-order valence-corrected chi connectivity index (χ2v) is 12.1. The summed E-state index contributed by atoms with van der Waals surface area (Å²) in [4.78, 5) is 18.1. The van der Waals surface area contributed by atoms with Crippen molar-refractivity contribution in [1.29, 1.82) is 5.26 Å². The lowest BCUT2D eigenvalue weighted by Crippen LogP contribution is -2.27. The second kappa shape index (κ2) is 15.2. The average Bonchev–Trinajstić information content (AvgIpc) is 3.49. The maximum atomic E-state index is 11.8. The molecule has 238 valence electrons. The van der Waals surface area contributed by atoms with E-state index in [1.807, 2.05) is 24.3 Å². The number of hydrogen-bond acceptors (Lipinski definition) is 8. The van der Waals surface area contributed by atoms with Crippen molar-refractivity contribution < 1.29 is 24.1 Å². The standard InChI is InChI=1S/C37H38ClN3O5/c1-24(10-12-41-13-11-31(43)20-41)46-35-9-5-8-33(26(35)3)32-7-4-6-29(25(32)2)23-45-37-16-36(30(21-42)15-34(37)38)44-22-28-14-27(17-39)18-40-19-28/h4-9,14-16,18-19,21,24,31,43H,10-13,20,22-23H2,1-3H3/t24-,31-/m1/s1. The summed E-state index contributed by atoms with van der Waals surface area (Å²) in [7, 11) is 0. The van der Waals surface area contributed by atoms with E-state index in [4.69, 9.17) is 31.1 Å². The number of hydrogen-bond donors (Lipinski definition) is 1. The molecule has 0 spiro atoms. The van der Waals surface area contributed by atoms with Crippen LogP contribution >= 0.6 is 11.6 Å². The minimum atomic E-state index is -0.214. The van der Waals surface area contributed by atoms with Gasteiger partial charge in [0, 0.05) is 43.7 Å². The predicted molar refractivity (Wildman–Crippen MR) is 178 cm³/mol. The van der Waals surface area contributed by atoms with Gasteiger partial charge in [0.1, 0.15) is 36.5 Å². The van der Waals surface area contributed by atoms with Crippen LogP contribution in [0.25, 0.3) is 11.1 Å². The largest absolute Gasteiger partial charge is 0.490 e. The fourth-order valence-corrected chi connectivity index (χ4v) is 5.87. The summed E-state index contributed by atoms with van der Waals surface area (Å²) >= 11 is 6.50. The molecule has 8 nitrogen and oxygen atoms in total. The topological polar surface area (TPSA) is 105 Å². The maximum Gasteiger partial charge on any atom is 0.153 e. The van der Waals surface area contributed by atoms with Gasteiger partial charge in [-0.1, -0.05) is 41.9 Å². The molecule has 2 atom stereocenters. The van der Waals surface area contributed by atoms with Crippen LogP contribution in [0.5, 0.6) is 17.2 Å². The van der Waals surface area contributed by atoms with Crippen LogP contribution in [-0.2, 0) is 13.2 Å². The third-order valence-corrected chi connectivity index (χ3v) is 8.64. The molecule has 3 aromatic carbocycles. The monoisotopic (exact) mass is 639 g/mol. The number of carbonyl (C=O) groups is 1. The molecule has 1 saturated heterocycles. The number of likely N-dealkylation sites (tertiary alicyclic amines) is 1. The van der Waals surface area contributed by atoms with Crippen molar-refractivity contribution in [2.45, 2.75) is 59.0 Å². The number of halogens is 1.